The highest BCUT2D eigenvalue weighted by Crippen LogP contribution is 2.27. The van der Waals surface area contributed by atoms with Crippen LogP contribution in [0.4, 0.5) is 0 Å². The Hall–Kier alpha value is -1.76. The summed E-state index contributed by atoms with van der Waals surface area (Å²) in [6.45, 7) is 9.66. The topological polar surface area (TPSA) is 72.1 Å². The molecule has 0 radical (unpaired) electrons. The molecule has 6 nitrogen and oxygen atoms in total. The molecular formula is C17H24N4O2S. The zero-order valence-corrected chi connectivity index (χ0v) is 15.5. The molecule has 3 rings (SSSR count). The molecule has 0 spiro atoms. The van der Waals surface area contributed by atoms with Crippen molar-refractivity contribution in [1.29, 1.82) is 0 Å². The van der Waals surface area contributed by atoms with Gasteiger partial charge in [0.1, 0.15) is 0 Å². The fraction of sp³-hybridized carbons (Fsp3) is 0.647. The third-order valence-electron chi connectivity index (χ3n) is 4.21. The number of aromatic nitrogens is 3. The summed E-state index contributed by atoms with van der Waals surface area (Å²) >= 11 is 1.63. The highest BCUT2D eigenvalue weighted by molar-refractivity contribution is 7.09. The van der Waals surface area contributed by atoms with E-state index in [0.29, 0.717) is 24.7 Å². The molecule has 1 saturated heterocycles. The number of nitrogens with zero attached hydrogens (tertiary/aromatic N) is 4. The van der Waals surface area contributed by atoms with Crippen molar-refractivity contribution in [2.24, 2.45) is 0 Å². The summed E-state index contributed by atoms with van der Waals surface area (Å²) in [5.41, 5.74) is 0.894. The standard InChI is InChI=1S/C17H24N4O2S/c1-11-18-15(20-23-11)12-6-5-7-21(9-12)14(22)8-13-10-24-16(19-13)17(2,3)4/h10,12H,5-9H2,1-4H3/t12-/m0/s1. The summed E-state index contributed by atoms with van der Waals surface area (Å²) in [6, 6.07) is 0. The first-order chi connectivity index (χ1) is 11.3. The van der Waals surface area contributed by atoms with Crippen molar-refractivity contribution < 1.29 is 9.32 Å². The number of carbonyl (C=O) groups is 1. The van der Waals surface area contributed by atoms with Gasteiger partial charge in [-0.05, 0) is 12.8 Å². The van der Waals surface area contributed by atoms with Crippen LogP contribution >= 0.6 is 11.3 Å². The van der Waals surface area contributed by atoms with Crippen LogP contribution in [0.1, 0.15) is 61.9 Å². The molecule has 0 aromatic carbocycles. The fourth-order valence-corrected chi connectivity index (χ4v) is 3.80. The zero-order chi connectivity index (χ0) is 17.3. The molecule has 1 fully saturated rings. The third-order valence-corrected chi connectivity index (χ3v) is 5.53. The second-order valence-corrected chi connectivity index (χ2v) is 8.28. The molecule has 130 valence electrons. The van der Waals surface area contributed by atoms with Crippen molar-refractivity contribution >= 4 is 17.2 Å². The van der Waals surface area contributed by atoms with Crippen LogP contribution in [0.5, 0.6) is 0 Å². The van der Waals surface area contributed by atoms with Crippen LogP contribution in [-0.2, 0) is 16.6 Å². The predicted octanol–water partition coefficient (Wildman–Crippen LogP) is 3.08. The highest BCUT2D eigenvalue weighted by atomic mass is 32.1. The van der Waals surface area contributed by atoms with Gasteiger partial charge in [0.05, 0.1) is 17.1 Å². The Morgan fingerprint density at radius 3 is 2.83 bits per heavy atom. The molecule has 0 bridgehead atoms. The number of likely N-dealkylation sites (tertiary alicyclic amines) is 1. The van der Waals surface area contributed by atoms with Crippen molar-refractivity contribution in [2.75, 3.05) is 13.1 Å². The number of hydrogen-bond donors (Lipinski definition) is 0. The SMILES string of the molecule is Cc1nc([C@H]2CCCN(C(=O)Cc3csc(C(C)(C)C)n3)C2)no1. The van der Waals surface area contributed by atoms with Gasteiger partial charge >= 0.3 is 0 Å². The number of rotatable bonds is 3. The Labute approximate surface area is 146 Å². The van der Waals surface area contributed by atoms with Gasteiger partial charge in [0.2, 0.25) is 11.8 Å². The number of thiazole rings is 1. The van der Waals surface area contributed by atoms with Crippen LogP contribution in [0, 0.1) is 6.92 Å². The lowest BCUT2D eigenvalue weighted by Crippen LogP contribution is -2.40. The van der Waals surface area contributed by atoms with Crippen LogP contribution in [0.2, 0.25) is 0 Å². The van der Waals surface area contributed by atoms with Crippen LogP contribution in [0.3, 0.4) is 0 Å². The Morgan fingerprint density at radius 2 is 2.21 bits per heavy atom. The molecule has 2 aromatic rings. The van der Waals surface area contributed by atoms with Crippen molar-refractivity contribution in [3.63, 3.8) is 0 Å². The Kier molecular flexibility index (Phi) is 4.71. The van der Waals surface area contributed by atoms with Crippen molar-refractivity contribution in [2.45, 2.75) is 58.3 Å². The Morgan fingerprint density at radius 1 is 1.42 bits per heavy atom. The summed E-state index contributed by atoms with van der Waals surface area (Å²) in [5, 5.41) is 7.09. The lowest BCUT2D eigenvalue weighted by molar-refractivity contribution is -0.131. The minimum absolute atomic E-state index is 0.0265. The molecule has 0 saturated carbocycles. The van der Waals surface area contributed by atoms with E-state index in [-0.39, 0.29) is 17.2 Å². The van der Waals surface area contributed by atoms with E-state index in [1.165, 1.54) is 0 Å². The summed E-state index contributed by atoms with van der Waals surface area (Å²) in [7, 11) is 0. The maximum atomic E-state index is 12.6. The summed E-state index contributed by atoms with van der Waals surface area (Å²) in [6.07, 6.45) is 2.33. The van der Waals surface area contributed by atoms with Gasteiger partial charge in [0, 0.05) is 36.7 Å². The van der Waals surface area contributed by atoms with E-state index in [1.807, 2.05) is 10.3 Å². The van der Waals surface area contributed by atoms with Gasteiger partial charge in [-0.15, -0.1) is 11.3 Å². The first kappa shape index (κ1) is 17.1. The third kappa shape index (κ3) is 3.83. The monoisotopic (exact) mass is 348 g/mol. The molecule has 1 amide bonds. The average molecular weight is 348 g/mol. The van der Waals surface area contributed by atoms with Crippen molar-refractivity contribution in [3.05, 3.63) is 27.8 Å². The Bertz CT molecular complexity index is 716. The smallest absolute Gasteiger partial charge is 0.228 e. The first-order valence-electron chi connectivity index (χ1n) is 8.36. The van der Waals surface area contributed by atoms with Crippen molar-refractivity contribution in [3.8, 4) is 0 Å². The molecule has 7 heteroatoms. The largest absolute Gasteiger partial charge is 0.342 e. The molecule has 0 aliphatic carbocycles. The van der Waals surface area contributed by atoms with Gasteiger partial charge in [-0.1, -0.05) is 25.9 Å². The van der Waals surface area contributed by atoms with Crippen LogP contribution in [-0.4, -0.2) is 39.0 Å². The van der Waals surface area contributed by atoms with Gasteiger partial charge in [-0.3, -0.25) is 4.79 Å². The maximum absolute atomic E-state index is 12.6. The van der Waals surface area contributed by atoms with Gasteiger partial charge in [0.25, 0.3) is 0 Å². The van der Waals surface area contributed by atoms with Gasteiger partial charge < -0.3 is 9.42 Å². The molecule has 24 heavy (non-hydrogen) atoms. The molecule has 0 N–H and O–H groups in total. The van der Waals surface area contributed by atoms with E-state index in [1.54, 1.807) is 18.3 Å². The molecular weight excluding hydrogens is 324 g/mol. The maximum Gasteiger partial charge on any atom is 0.228 e. The number of aryl methyl sites for hydroxylation is 1. The summed E-state index contributed by atoms with van der Waals surface area (Å²) in [5.74, 6) is 1.59. The van der Waals surface area contributed by atoms with Crippen LogP contribution < -0.4 is 0 Å². The zero-order valence-electron chi connectivity index (χ0n) is 14.7. The van der Waals surface area contributed by atoms with E-state index in [0.717, 1.165) is 30.1 Å². The minimum Gasteiger partial charge on any atom is -0.342 e. The first-order valence-corrected chi connectivity index (χ1v) is 9.24. The lowest BCUT2D eigenvalue weighted by Gasteiger charge is -2.31. The molecule has 1 aliphatic heterocycles. The van der Waals surface area contributed by atoms with E-state index >= 15 is 0 Å². The molecule has 2 aromatic heterocycles. The van der Waals surface area contributed by atoms with Crippen LogP contribution in [0.25, 0.3) is 0 Å². The second kappa shape index (κ2) is 6.63. The molecule has 1 aliphatic rings. The number of hydrogen-bond acceptors (Lipinski definition) is 6. The van der Waals surface area contributed by atoms with Crippen molar-refractivity contribution in [1.82, 2.24) is 20.0 Å². The Balaban J connectivity index is 1.63. The predicted molar refractivity (Wildman–Crippen MR) is 92.1 cm³/mol. The van der Waals surface area contributed by atoms with Gasteiger partial charge in [-0.25, -0.2) is 4.98 Å². The van der Waals surface area contributed by atoms with E-state index in [9.17, 15) is 4.79 Å². The van der Waals surface area contributed by atoms with E-state index < -0.39 is 0 Å². The highest BCUT2D eigenvalue weighted by Gasteiger charge is 2.28. The van der Waals surface area contributed by atoms with E-state index in [4.69, 9.17) is 4.52 Å². The van der Waals surface area contributed by atoms with Gasteiger partial charge in [-0.2, -0.15) is 4.98 Å². The molecule has 1 atom stereocenters. The normalized spacial score (nSPS) is 18.8. The number of amides is 1. The quantitative estimate of drug-likeness (QED) is 0.852. The minimum atomic E-state index is 0.0265. The van der Waals surface area contributed by atoms with Crippen LogP contribution in [0.15, 0.2) is 9.90 Å². The fourth-order valence-electron chi connectivity index (χ4n) is 2.89. The van der Waals surface area contributed by atoms with Gasteiger partial charge in [0.15, 0.2) is 5.82 Å². The molecule has 3 heterocycles. The lowest BCUT2D eigenvalue weighted by atomic mass is 9.97. The summed E-state index contributed by atoms with van der Waals surface area (Å²) in [4.78, 5) is 23.5. The molecule has 0 unspecified atom stereocenters. The summed E-state index contributed by atoms with van der Waals surface area (Å²) < 4.78 is 5.07. The average Bonchev–Trinajstić information content (AvgIpc) is 3.16. The number of piperidine rings is 1. The van der Waals surface area contributed by atoms with E-state index in [2.05, 4.69) is 35.9 Å². The number of carbonyl (C=O) groups excluding carboxylic acids is 1. The second-order valence-electron chi connectivity index (χ2n) is 7.42.